The number of ether oxygens (including phenoxy) is 1. The molecule has 0 unspecified atom stereocenters. The summed E-state index contributed by atoms with van der Waals surface area (Å²) in [4.78, 5) is 37.8. The van der Waals surface area contributed by atoms with Crippen LogP contribution in [0.2, 0.25) is 0 Å². The van der Waals surface area contributed by atoms with Crippen LogP contribution in [-0.2, 0) is 23.9 Å². The predicted octanol–water partition coefficient (Wildman–Crippen LogP) is 4.81. The highest BCUT2D eigenvalue weighted by molar-refractivity contribution is 5.68. The number of nitrogens with zero attached hydrogens (tertiary/aromatic N) is 3. The second-order valence-corrected chi connectivity index (χ2v) is 10.3. The van der Waals surface area contributed by atoms with Gasteiger partial charge in [-0.25, -0.2) is 9.78 Å². The number of halogens is 3. The monoisotopic (exact) mass is 510 g/mol. The standard InChI is InChI=1S/C25H33F3N4O4/c1-15(2)14-35-32-21(33)19-13-31(23(34)36-24(4,5)6)12-11-20(19)30-22(32)29-16(3)17-7-9-18(10-8-17)25(26,27)28/h7-10,15-16H,11-14H2,1-6H3,(H,29,30)/t16-/m0/s1. The molecule has 1 atom stereocenters. The van der Waals surface area contributed by atoms with Crippen LogP contribution in [0.1, 0.15) is 70.0 Å². The molecule has 0 bridgehead atoms. The normalized spacial score (nSPS) is 14.9. The molecule has 0 spiro atoms. The number of carbonyl (C=O) groups excluding carboxylic acids is 1. The van der Waals surface area contributed by atoms with Gasteiger partial charge in [-0.15, -0.1) is 4.73 Å². The minimum Gasteiger partial charge on any atom is -0.444 e. The zero-order chi connectivity index (χ0) is 26.8. The molecule has 1 aliphatic heterocycles. The number of carbonyl (C=O) groups is 1. The van der Waals surface area contributed by atoms with Crippen molar-refractivity contribution in [1.82, 2.24) is 14.6 Å². The summed E-state index contributed by atoms with van der Waals surface area (Å²) in [6.45, 7) is 11.5. The molecule has 1 aromatic heterocycles. The molecule has 8 nitrogen and oxygen atoms in total. The van der Waals surface area contributed by atoms with Crippen molar-refractivity contribution < 1.29 is 27.5 Å². The summed E-state index contributed by atoms with van der Waals surface area (Å²) >= 11 is 0. The first-order valence-corrected chi connectivity index (χ1v) is 11.9. The van der Waals surface area contributed by atoms with Crippen molar-refractivity contribution in [3.8, 4) is 0 Å². The maximum atomic E-state index is 13.4. The van der Waals surface area contributed by atoms with Crippen LogP contribution in [-0.4, -0.2) is 39.5 Å². The Morgan fingerprint density at radius 3 is 2.33 bits per heavy atom. The molecule has 2 heterocycles. The largest absolute Gasteiger partial charge is 0.444 e. The van der Waals surface area contributed by atoms with Crippen molar-refractivity contribution in [3.63, 3.8) is 0 Å². The summed E-state index contributed by atoms with van der Waals surface area (Å²) in [5, 5.41) is 3.11. The maximum absolute atomic E-state index is 13.4. The summed E-state index contributed by atoms with van der Waals surface area (Å²) in [6.07, 6.45) is -4.59. The molecule has 1 amide bonds. The van der Waals surface area contributed by atoms with E-state index in [0.717, 1.165) is 16.9 Å². The minimum atomic E-state index is -4.42. The lowest BCUT2D eigenvalue weighted by atomic mass is 10.1. The van der Waals surface area contributed by atoms with Gasteiger partial charge in [0, 0.05) is 13.0 Å². The van der Waals surface area contributed by atoms with E-state index in [0.29, 0.717) is 29.8 Å². The molecule has 0 saturated heterocycles. The third kappa shape index (κ3) is 6.70. The number of nitrogens with one attached hydrogen (secondary N) is 1. The first-order valence-electron chi connectivity index (χ1n) is 11.9. The lowest BCUT2D eigenvalue weighted by Gasteiger charge is -2.31. The third-order valence-corrected chi connectivity index (χ3v) is 5.46. The van der Waals surface area contributed by atoms with Crippen molar-refractivity contribution in [1.29, 1.82) is 0 Å². The molecule has 11 heteroatoms. The Kier molecular flexibility index (Phi) is 7.90. The highest BCUT2D eigenvalue weighted by Crippen LogP contribution is 2.30. The molecule has 0 radical (unpaired) electrons. The van der Waals surface area contributed by atoms with Gasteiger partial charge in [0.25, 0.3) is 5.56 Å². The highest BCUT2D eigenvalue weighted by Gasteiger charge is 2.31. The van der Waals surface area contributed by atoms with Gasteiger partial charge < -0.3 is 19.8 Å². The zero-order valence-electron chi connectivity index (χ0n) is 21.4. The Balaban J connectivity index is 1.90. The van der Waals surface area contributed by atoms with Crippen LogP contribution in [0.25, 0.3) is 0 Å². The SMILES string of the molecule is CC(C)COn1c(N[C@@H](C)c2ccc(C(F)(F)F)cc2)nc2c(c1=O)CN(C(=O)OC(C)(C)C)CC2. The number of anilines is 1. The fourth-order valence-electron chi connectivity index (χ4n) is 3.61. The summed E-state index contributed by atoms with van der Waals surface area (Å²) in [7, 11) is 0. The van der Waals surface area contributed by atoms with E-state index in [9.17, 15) is 22.8 Å². The number of benzene rings is 1. The van der Waals surface area contributed by atoms with Crippen molar-refractivity contribution >= 4 is 12.0 Å². The second-order valence-electron chi connectivity index (χ2n) is 10.3. The van der Waals surface area contributed by atoms with Gasteiger partial charge in [0.05, 0.1) is 29.4 Å². The van der Waals surface area contributed by atoms with Gasteiger partial charge >= 0.3 is 12.3 Å². The molecule has 3 rings (SSSR count). The predicted molar refractivity (Wildman–Crippen MR) is 129 cm³/mol. The van der Waals surface area contributed by atoms with E-state index in [1.54, 1.807) is 27.7 Å². The van der Waals surface area contributed by atoms with Crippen LogP contribution < -0.4 is 15.7 Å². The van der Waals surface area contributed by atoms with Gasteiger partial charge in [0.15, 0.2) is 0 Å². The number of fused-ring (bicyclic) bond motifs is 1. The van der Waals surface area contributed by atoms with Crippen molar-refractivity contribution in [2.75, 3.05) is 18.5 Å². The van der Waals surface area contributed by atoms with Gasteiger partial charge in [0.2, 0.25) is 5.95 Å². The van der Waals surface area contributed by atoms with E-state index in [-0.39, 0.29) is 25.0 Å². The number of hydrogen-bond acceptors (Lipinski definition) is 6. The van der Waals surface area contributed by atoms with Crippen LogP contribution in [0.5, 0.6) is 0 Å². The highest BCUT2D eigenvalue weighted by atomic mass is 19.4. The van der Waals surface area contributed by atoms with Gasteiger partial charge in [-0.05, 0) is 51.3 Å². The number of alkyl halides is 3. The molecular formula is C25H33F3N4O4. The van der Waals surface area contributed by atoms with E-state index in [2.05, 4.69) is 10.3 Å². The number of hydrogen-bond donors (Lipinski definition) is 1. The van der Waals surface area contributed by atoms with Crippen LogP contribution in [0, 0.1) is 5.92 Å². The van der Waals surface area contributed by atoms with Gasteiger partial charge in [-0.1, -0.05) is 26.0 Å². The van der Waals surface area contributed by atoms with Gasteiger partial charge in [-0.3, -0.25) is 4.79 Å². The molecule has 1 aromatic carbocycles. The molecule has 0 aliphatic carbocycles. The Hall–Kier alpha value is -3.24. The van der Waals surface area contributed by atoms with E-state index in [4.69, 9.17) is 9.57 Å². The molecule has 2 aromatic rings. The van der Waals surface area contributed by atoms with Crippen molar-refractivity contribution in [3.05, 3.63) is 57.0 Å². The Labute approximate surface area is 208 Å². The summed E-state index contributed by atoms with van der Waals surface area (Å²) in [5.74, 6) is 0.267. The Morgan fingerprint density at radius 2 is 1.78 bits per heavy atom. The number of amides is 1. The fourth-order valence-corrected chi connectivity index (χ4v) is 3.61. The van der Waals surface area contributed by atoms with E-state index in [1.807, 2.05) is 13.8 Å². The first-order chi connectivity index (χ1) is 16.7. The summed E-state index contributed by atoms with van der Waals surface area (Å²) < 4.78 is 45.3. The molecule has 1 aliphatic rings. The van der Waals surface area contributed by atoms with E-state index < -0.39 is 35.0 Å². The summed E-state index contributed by atoms with van der Waals surface area (Å²) in [6, 6.07) is 4.33. The van der Waals surface area contributed by atoms with E-state index >= 15 is 0 Å². The smallest absolute Gasteiger partial charge is 0.416 e. The third-order valence-electron chi connectivity index (χ3n) is 5.46. The van der Waals surface area contributed by atoms with E-state index in [1.165, 1.54) is 17.0 Å². The van der Waals surface area contributed by atoms with Crippen LogP contribution in [0.4, 0.5) is 23.9 Å². The topological polar surface area (TPSA) is 85.7 Å². The van der Waals surface area contributed by atoms with Crippen LogP contribution in [0.15, 0.2) is 29.1 Å². The molecule has 1 N–H and O–H groups in total. The maximum Gasteiger partial charge on any atom is 0.416 e. The molecule has 0 saturated carbocycles. The second kappa shape index (κ2) is 10.4. The Morgan fingerprint density at radius 1 is 1.14 bits per heavy atom. The lowest BCUT2D eigenvalue weighted by Crippen LogP contribution is -2.44. The van der Waals surface area contributed by atoms with Gasteiger partial charge in [0.1, 0.15) is 12.2 Å². The molecule has 36 heavy (non-hydrogen) atoms. The van der Waals surface area contributed by atoms with Crippen LogP contribution in [0.3, 0.4) is 0 Å². The molecule has 198 valence electrons. The number of aromatic nitrogens is 2. The fraction of sp³-hybridized carbons (Fsp3) is 0.560. The zero-order valence-corrected chi connectivity index (χ0v) is 21.4. The van der Waals surface area contributed by atoms with Crippen LogP contribution >= 0.6 is 0 Å². The minimum absolute atomic E-state index is 0.0376. The van der Waals surface area contributed by atoms with Gasteiger partial charge in [-0.2, -0.15) is 13.2 Å². The average molecular weight is 511 g/mol. The molecular weight excluding hydrogens is 477 g/mol. The number of rotatable bonds is 6. The van der Waals surface area contributed by atoms with Crippen molar-refractivity contribution in [2.24, 2.45) is 5.92 Å². The quantitative estimate of drug-likeness (QED) is 0.600. The summed E-state index contributed by atoms with van der Waals surface area (Å²) in [5.41, 5.74) is -0.400. The first kappa shape index (κ1) is 27.3. The average Bonchev–Trinajstić information content (AvgIpc) is 2.76. The lowest BCUT2D eigenvalue weighted by molar-refractivity contribution is -0.137. The molecule has 0 fully saturated rings. The Bertz CT molecular complexity index is 1140. The van der Waals surface area contributed by atoms with Crippen molar-refractivity contribution in [2.45, 2.75) is 72.3 Å².